The van der Waals surface area contributed by atoms with Crippen LogP contribution in [0.15, 0.2) is 24.3 Å². The summed E-state index contributed by atoms with van der Waals surface area (Å²) in [5, 5.41) is 10.5. The van der Waals surface area contributed by atoms with Crippen molar-refractivity contribution in [2.24, 2.45) is 0 Å². The van der Waals surface area contributed by atoms with E-state index in [9.17, 15) is 14.9 Å². The Morgan fingerprint density at radius 1 is 1.50 bits per heavy atom. The predicted molar refractivity (Wildman–Crippen MR) is 48.5 cm³/mol. The number of para-hydroxylation sites is 2. The fraction of sp³-hybridized carbons (Fsp3) is 0.125. The average molecular weight is 196 g/mol. The minimum absolute atomic E-state index is 0.145. The first-order valence-corrected chi connectivity index (χ1v) is 3.78. The predicted octanol–water partition coefficient (Wildman–Crippen LogP) is 1.48. The first-order chi connectivity index (χ1) is 6.61. The summed E-state index contributed by atoms with van der Waals surface area (Å²) in [5.74, 6) is -0.567. The summed E-state index contributed by atoms with van der Waals surface area (Å²) in [6.45, 7) is 1.20. The molecule has 1 aromatic rings. The van der Waals surface area contributed by atoms with Crippen molar-refractivity contribution in [3.8, 4) is 0 Å². The Balaban J connectivity index is 2.84. The van der Waals surface area contributed by atoms with Gasteiger partial charge >= 0.3 is 5.97 Å². The second kappa shape index (κ2) is 4.22. The number of nitro groups is 1. The molecule has 14 heavy (non-hydrogen) atoms. The van der Waals surface area contributed by atoms with Crippen LogP contribution in [0.1, 0.15) is 6.92 Å². The van der Waals surface area contributed by atoms with Gasteiger partial charge in [0.15, 0.2) is 0 Å². The summed E-state index contributed by atoms with van der Waals surface area (Å²) < 4.78 is 0. The van der Waals surface area contributed by atoms with Gasteiger partial charge in [0, 0.05) is 13.0 Å². The van der Waals surface area contributed by atoms with E-state index < -0.39 is 10.9 Å². The summed E-state index contributed by atoms with van der Waals surface area (Å²) >= 11 is 0. The van der Waals surface area contributed by atoms with E-state index in [4.69, 9.17) is 0 Å². The molecule has 0 spiro atoms. The van der Waals surface area contributed by atoms with Crippen LogP contribution in [-0.4, -0.2) is 10.9 Å². The van der Waals surface area contributed by atoms with Crippen LogP contribution in [-0.2, 0) is 9.63 Å². The Kier molecular flexibility index (Phi) is 3.01. The lowest BCUT2D eigenvalue weighted by molar-refractivity contribution is -0.384. The fourth-order valence-corrected chi connectivity index (χ4v) is 0.846. The lowest BCUT2D eigenvalue weighted by Gasteiger charge is -2.04. The SMILES string of the molecule is CC(=O)ONc1ccccc1[N+](=O)[O-]. The number of anilines is 1. The van der Waals surface area contributed by atoms with E-state index in [0.29, 0.717) is 0 Å². The molecule has 0 radical (unpaired) electrons. The van der Waals surface area contributed by atoms with Crippen LogP contribution in [0.3, 0.4) is 0 Å². The second-order valence-electron chi connectivity index (χ2n) is 2.47. The van der Waals surface area contributed by atoms with Crippen molar-refractivity contribution in [2.75, 3.05) is 5.48 Å². The van der Waals surface area contributed by atoms with Crippen molar-refractivity contribution in [1.29, 1.82) is 0 Å². The molecule has 0 aliphatic rings. The van der Waals surface area contributed by atoms with E-state index in [1.165, 1.54) is 25.1 Å². The zero-order chi connectivity index (χ0) is 10.6. The van der Waals surface area contributed by atoms with E-state index in [1.807, 2.05) is 0 Å². The van der Waals surface area contributed by atoms with Gasteiger partial charge in [0.05, 0.1) is 4.92 Å². The highest BCUT2D eigenvalue weighted by Gasteiger charge is 2.12. The van der Waals surface area contributed by atoms with Gasteiger partial charge < -0.3 is 4.84 Å². The summed E-state index contributed by atoms with van der Waals surface area (Å²) in [5.41, 5.74) is 2.20. The Hall–Kier alpha value is -2.11. The highest BCUT2D eigenvalue weighted by molar-refractivity contribution is 5.69. The number of nitro benzene ring substituents is 1. The molecule has 0 unspecified atom stereocenters. The Bertz CT molecular complexity index is 364. The smallest absolute Gasteiger partial charge is 0.329 e. The van der Waals surface area contributed by atoms with E-state index in [-0.39, 0.29) is 11.4 Å². The molecule has 74 valence electrons. The monoisotopic (exact) mass is 196 g/mol. The van der Waals surface area contributed by atoms with E-state index in [0.717, 1.165) is 0 Å². The number of carbonyl (C=O) groups excluding carboxylic acids is 1. The standard InChI is InChI=1S/C8H8N2O4/c1-6(11)14-9-7-4-2-3-5-8(7)10(12)13/h2-5,9H,1H3. The third kappa shape index (κ3) is 2.44. The topological polar surface area (TPSA) is 81.5 Å². The van der Waals surface area contributed by atoms with Gasteiger partial charge in [-0.1, -0.05) is 12.1 Å². The molecule has 0 amide bonds. The maximum absolute atomic E-state index is 10.5. The quantitative estimate of drug-likeness (QED) is 0.584. The molecule has 0 aliphatic carbocycles. The molecule has 1 N–H and O–H groups in total. The summed E-state index contributed by atoms with van der Waals surface area (Å²) in [7, 11) is 0. The first-order valence-electron chi connectivity index (χ1n) is 3.78. The van der Waals surface area contributed by atoms with Crippen LogP contribution in [0.25, 0.3) is 0 Å². The van der Waals surface area contributed by atoms with Gasteiger partial charge in [0.1, 0.15) is 5.69 Å². The molecule has 0 atom stereocenters. The fourth-order valence-electron chi connectivity index (χ4n) is 0.846. The van der Waals surface area contributed by atoms with Crippen molar-refractivity contribution in [3.63, 3.8) is 0 Å². The lowest BCUT2D eigenvalue weighted by atomic mass is 10.3. The zero-order valence-electron chi connectivity index (χ0n) is 7.39. The van der Waals surface area contributed by atoms with Crippen LogP contribution < -0.4 is 5.48 Å². The van der Waals surface area contributed by atoms with Crippen molar-refractivity contribution >= 4 is 17.3 Å². The molecule has 0 saturated heterocycles. The molecular formula is C8H8N2O4. The summed E-state index contributed by atoms with van der Waals surface area (Å²) in [6.07, 6.45) is 0. The number of nitrogens with one attached hydrogen (secondary N) is 1. The Morgan fingerprint density at radius 3 is 2.71 bits per heavy atom. The number of rotatable bonds is 3. The number of nitrogens with zero attached hydrogens (tertiary/aromatic N) is 1. The molecule has 1 aromatic carbocycles. The van der Waals surface area contributed by atoms with Gasteiger partial charge in [-0.2, -0.15) is 0 Å². The molecule has 0 aliphatic heterocycles. The maximum Gasteiger partial charge on any atom is 0.329 e. The highest BCUT2D eigenvalue weighted by Crippen LogP contribution is 2.22. The second-order valence-corrected chi connectivity index (χ2v) is 2.47. The number of hydrogen-bond donors (Lipinski definition) is 1. The van der Waals surface area contributed by atoms with E-state index >= 15 is 0 Å². The van der Waals surface area contributed by atoms with E-state index in [1.54, 1.807) is 6.07 Å². The molecule has 0 saturated carbocycles. The minimum Gasteiger partial charge on any atom is -0.344 e. The van der Waals surface area contributed by atoms with Gasteiger partial charge in [0.25, 0.3) is 5.69 Å². The summed E-state index contributed by atoms with van der Waals surface area (Å²) in [6, 6.07) is 5.88. The van der Waals surface area contributed by atoms with Gasteiger partial charge in [-0.15, -0.1) is 0 Å². The normalized spacial score (nSPS) is 9.21. The number of benzene rings is 1. The Labute approximate surface area is 79.6 Å². The highest BCUT2D eigenvalue weighted by atomic mass is 16.7. The van der Waals surface area contributed by atoms with Gasteiger partial charge in [0.2, 0.25) is 0 Å². The van der Waals surface area contributed by atoms with Gasteiger partial charge in [-0.3, -0.25) is 14.9 Å². The van der Waals surface area contributed by atoms with Crippen LogP contribution in [0.4, 0.5) is 11.4 Å². The van der Waals surface area contributed by atoms with E-state index in [2.05, 4.69) is 10.3 Å². The van der Waals surface area contributed by atoms with Crippen molar-refractivity contribution < 1.29 is 14.6 Å². The van der Waals surface area contributed by atoms with Crippen molar-refractivity contribution in [3.05, 3.63) is 34.4 Å². The average Bonchev–Trinajstić information content (AvgIpc) is 2.15. The molecule has 6 nitrogen and oxygen atoms in total. The van der Waals surface area contributed by atoms with Crippen LogP contribution in [0.2, 0.25) is 0 Å². The third-order valence-corrected chi connectivity index (χ3v) is 1.41. The molecule has 0 aromatic heterocycles. The van der Waals surface area contributed by atoms with Crippen molar-refractivity contribution in [2.45, 2.75) is 6.92 Å². The van der Waals surface area contributed by atoms with Gasteiger partial charge in [-0.25, -0.2) is 5.48 Å². The van der Waals surface area contributed by atoms with Gasteiger partial charge in [-0.05, 0) is 6.07 Å². The first kappa shape index (κ1) is 9.97. The summed E-state index contributed by atoms with van der Waals surface area (Å²) in [4.78, 5) is 24.8. The molecule has 1 rings (SSSR count). The maximum atomic E-state index is 10.5. The zero-order valence-corrected chi connectivity index (χ0v) is 7.39. The molecular weight excluding hydrogens is 188 g/mol. The Morgan fingerprint density at radius 2 is 2.14 bits per heavy atom. The largest absolute Gasteiger partial charge is 0.344 e. The number of carbonyl (C=O) groups is 1. The number of hydrogen-bond acceptors (Lipinski definition) is 5. The van der Waals surface area contributed by atoms with Crippen molar-refractivity contribution in [1.82, 2.24) is 0 Å². The molecule has 0 heterocycles. The lowest BCUT2D eigenvalue weighted by Crippen LogP contribution is -2.07. The van der Waals surface area contributed by atoms with Crippen LogP contribution in [0.5, 0.6) is 0 Å². The molecule has 0 bridgehead atoms. The van der Waals surface area contributed by atoms with Crippen LogP contribution in [0, 0.1) is 10.1 Å². The molecule has 6 heteroatoms. The third-order valence-electron chi connectivity index (χ3n) is 1.41. The molecule has 0 fully saturated rings. The van der Waals surface area contributed by atoms with Crippen LogP contribution >= 0.6 is 0 Å². The minimum atomic E-state index is -0.567.